The molecule has 5 nitrogen and oxygen atoms in total. The lowest BCUT2D eigenvalue weighted by Crippen LogP contribution is -2.13. The molecule has 0 atom stereocenters. The summed E-state index contributed by atoms with van der Waals surface area (Å²) in [6.45, 7) is 3.87. The first kappa shape index (κ1) is 15.8. The molecule has 108 valence electrons. The molecule has 19 heavy (non-hydrogen) atoms. The van der Waals surface area contributed by atoms with Gasteiger partial charge in [0.05, 0.1) is 40.1 Å². The Balaban J connectivity index is 1.95. The molecule has 0 aliphatic heterocycles. The number of methoxy groups -OCH3 is 2. The van der Waals surface area contributed by atoms with E-state index in [1.807, 2.05) is 24.3 Å². The summed E-state index contributed by atoms with van der Waals surface area (Å²) in [6.07, 6.45) is 0. The van der Waals surface area contributed by atoms with Gasteiger partial charge in [-0.15, -0.1) is 0 Å². The first-order valence-electron chi connectivity index (χ1n) is 6.39. The average molecular weight is 269 g/mol. The smallest absolute Gasteiger partial charge is 0.119 e. The summed E-state index contributed by atoms with van der Waals surface area (Å²) >= 11 is 0. The summed E-state index contributed by atoms with van der Waals surface area (Å²) in [7, 11) is 3.32. The predicted octanol–water partition coefficient (Wildman–Crippen LogP) is 1.79. The van der Waals surface area contributed by atoms with Gasteiger partial charge >= 0.3 is 0 Å². The van der Waals surface area contributed by atoms with Crippen molar-refractivity contribution in [3.63, 3.8) is 0 Å². The highest BCUT2D eigenvalue weighted by atomic mass is 16.5. The molecule has 0 radical (unpaired) electrons. The summed E-state index contributed by atoms with van der Waals surface area (Å²) in [4.78, 5) is 0. The van der Waals surface area contributed by atoms with Crippen molar-refractivity contribution in [1.82, 2.24) is 0 Å². The molecule has 1 aromatic carbocycles. The quantitative estimate of drug-likeness (QED) is 0.621. The van der Waals surface area contributed by atoms with Crippen LogP contribution < -0.4 is 10.1 Å². The lowest BCUT2D eigenvalue weighted by atomic mass is 10.3. The van der Waals surface area contributed by atoms with Crippen LogP contribution in [0.2, 0.25) is 0 Å². The number of hydrogen-bond donors (Lipinski definition) is 1. The maximum absolute atomic E-state index is 5.43. The van der Waals surface area contributed by atoms with E-state index in [0.717, 1.165) is 18.0 Å². The molecule has 0 saturated carbocycles. The molecular formula is C14H23NO4. The summed E-state index contributed by atoms with van der Waals surface area (Å²) in [5.74, 6) is 0.856. The molecule has 0 aliphatic rings. The van der Waals surface area contributed by atoms with Gasteiger partial charge < -0.3 is 24.3 Å². The topological polar surface area (TPSA) is 49.0 Å². The highest BCUT2D eigenvalue weighted by Gasteiger charge is 1.94. The first-order valence-corrected chi connectivity index (χ1v) is 6.39. The third kappa shape index (κ3) is 7.66. The number of benzene rings is 1. The van der Waals surface area contributed by atoms with E-state index in [9.17, 15) is 0 Å². The minimum Gasteiger partial charge on any atom is -0.497 e. The maximum atomic E-state index is 5.43. The Morgan fingerprint density at radius 2 is 1.47 bits per heavy atom. The second-order valence-electron chi connectivity index (χ2n) is 3.87. The van der Waals surface area contributed by atoms with E-state index in [1.54, 1.807) is 14.2 Å². The second kappa shape index (κ2) is 10.6. The molecule has 1 rings (SSSR count). The SMILES string of the molecule is COCCOCCOCCNc1ccc(OC)cc1. The van der Waals surface area contributed by atoms with Gasteiger partial charge in [-0.3, -0.25) is 0 Å². The average Bonchev–Trinajstić information content (AvgIpc) is 2.46. The molecule has 0 aliphatic carbocycles. The third-order valence-corrected chi connectivity index (χ3v) is 2.47. The molecule has 0 heterocycles. The molecule has 0 spiro atoms. The van der Waals surface area contributed by atoms with Crippen LogP contribution in [0.1, 0.15) is 0 Å². The maximum Gasteiger partial charge on any atom is 0.119 e. The van der Waals surface area contributed by atoms with Crippen LogP contribution in [0.3, 0.4) is 0 Å². The predicted molar refractivity (Wildman–Crippen MR) is 75.0 cm³/mol. The van der Waals surface area contributed by atoms with Gasteiger partial charge in [-0.2, -0.15) is 0 Å². The van der Waals surface area contributed by atoms with Crippen LogP contribution in [-0.4, -0.2) is 53.8 Å². The Hall–Kier alpha value is -1.30. The summed E-state index contributed by atoms with van der Waals surface area (Å²) in [5.41, 5.74) is 1.06. The van der Waals surface area contributed by atoms with E-state index in [0.29, 0.717) is 33.0 Å². The van der Waals surface area contributed by atoms with Crippen molar-refractivity contribution in [3.8, 4) is 5.75 Å². The Labute approximate surface area is 114 Å². The van der Waals surface area contributed by atoms with Crippen molar-refractivity contribution in [2.75, 3.05) is 59.1 Å². The number of nitrogens with one attached hydrogen (secondary N) is 1. The monoisotopic (exact) mass is 269 g/mol. The van der Waals surface area contributed by atoms with Gasteiger partial charge in [-0.05, 0) is 24.3 Å². The zero-order valence-electron chi connectivity index (χ0n) is 11.7. The number of hydrogen-bond acceptors (Lipinski definition) is 5. The number of ether oxygens (including phenoxy) is 4. The van der Waals surface area contributed by atoms with E-state index in [2.05, 4.69) is 5.32 Å². The largest absolute Gasteiger partial charge is 0.497 e. The fraction of sp³-hybridized carbons (Fsp3) is 0.571. The van der Waals surface area contributed by atoms with Crippen molar-refractivity contribution in [2.45, 2.75) is 0 Å². The highest BCUT2D eigenvalue weighted by molar-refractivity contribution is 5.46. The van der Waals surface area contributed by atoms with Gasteiger partial charge in [-0.25, -0.2) is 0 Å². The van der Waals surface area contributed by atoms with E-state index in [4.69, 9.17) is 18.9 Å². The molecular weight excluding hydrogens is 246 g/mol. The zero-order valence-corrected chi connectivity index (χ0v) is 11.7. The van der Waals surface area contributed by atoms with E-state index in [-0.39, 0.29) is 0 Å². The van der Waals surface area contributed by atoms with E-state index < -0.39 is 0 Å². The summed E-state index contributed by atoms with van der Waals surface area (Å²) < 4.78 is 20.7. The van der Waals surface area contributed by atoms with Crippen LogP contribution in [-0.2, 0) is 14.2 Å². The Bertz CT molecular complexity index is 316. The molecule has 0 aromatic heterocycles. The highest BCUT2D eigenvalue weighted by Crippen LogP contribution is 2.14. The second-order valence-corrected chi connectivity index (χ2v) is 3.87. The van der Waals surface area contributed by atoms with Crippen LogP contribution in [0.4, 0.5) is 5.69 Å². The van der Waals surface area contributed by atoms with Crippen molar-refractivity contribution in [2.24, 2.45) is 0 Å². The van der Waals surface area contributed by atoms with Crippen molar-refractivity contribution in [1.29, 1.82) is 0 Å². The van der Waals surface area contributed by atoms with Crippen LogP contribution >= 0.6 is 0 Å². The van der Waals surface area contributed by atoms with Crippen LogP contribution in [0, 0.1) is 0 Å². The molecule has 5 heteroatoms. The fourth-order valence-corrected chi connectivity index (χ4v) is 1.44. The Morgan fingerprint density at radius 3 is 2.11 bits per heavy atom. The number of rotatable bonds is 11. The Morgan fingerprint density at radius 1 is 0.842 bits per heavy atom. The Kier molecular flexibility index (Phi) is 8.80. The normalized spacial score (nSPS) is 10.4. The van der Waals surface area contributed by atoms with Crippen molar-refractivity contribution < 1.29 is 18.9 Å². The fourth-order valence-electron chi connectivity index (χ4n) is 1.44. The van der Waals surface area contributed by atoms with Gasteiger partial charge in [0.1, 0.15) is 5.75 Å². The zero-order chi connectivity index (χ0) is 13.8. The molecule has 1 N–H and O–H groups in total. The van der Waals surface area contributed by atoms with E-state index in [1.165, 1.54) is 0 Å². The third-order valence-electron chi connectivity index (χ3n) is 2.47. The van der Waals surface area contributed by atoms with Crippen LogP contribution in [0.15, 0.2) is 24.3 Å². The molecule has 0 bridgehead atoms. The first-order chi connectivity index (χ1) is 9.36. The standard InChI is InChI=1S/C14H23NO4/c1-16-9-10-19-12-11-18-8-7-15-13-3-5-14(17-2)6-4-13/h3-6,15H,7-12H2,1-2H3. The van der Waals surface area contributed by atoms with Crippen LogP contribution in [0.5, 0.6) is 5.75 Å². The minimum atomic E-state index is 0.603. The summed E-state index contributed by atoms with van der Waals surface area (Å²) in [5, 5.41) is 3.27. The molecule has 1 aromatic rings. The van der Waals surface area contributed by atoms with Gasteiger partial charge in [0.15, 0.2) is 0 Å². The van der Waals surface area contributed by atoms with Crippen LogP contribution in [0.25, 0.3) is 0 Å². The van der Waals surface area contributed by atoms with Gasteiger partial charge in [0, 0.05) is 19.3 Å². The molecule has 0 unspecified atom stereocenters. The lowest BCUT2D eigenvalue weighted by Gasteiger charge is -2.08. The summed E-state index contributed by atoms with van der Waals surface area (Å²) in [6, 6.07) is 7.80. The van der Waals surface area contributed by atoms with Crippen molar-refractivity contribution in [3.05, 3.63) is 24.3 Å². The lowest BCUT2D eigenvalue weighted by molar-refractivity contribution is 0.0272. The molecule has 0 fully saturated rings. The van der Waals surface area contributed by atoms with Gasteiger partial charge in [-0.1, -0.05) is 0 Å². The molecule has 0 saturated heterocycles. The minimum absolute atomic E-state index is 0.603. The van der Waals surface area contributed by atoms with Crippen molar-refractivity contribution >= 4 is 5.69 Å². The van der Waals surface area contributed by atoms with Gasteiger partial charge in [0.25, 0.3) is 0 Å². The number of anilines is 1. The van der Waals surface area contributed by atoms with E-state index >= 15 is 0 Å². The molecule has 0 amide bonds. The van der Waals surface area contributed by atoms with Gasteiger partial charge in [0.2, 0.25) is 0 Å².